The lowest BCUT2D eigenvalue weighted by Crippen LogP contribution is -2.48. The fraction of sp³-hybridized carbons (Fsp3) is 0.278. The van der Waals surface area contributed by atoms with Crippen LogP contribution in [0.2, 0.25) is 0 Å². The van der Waals surface area contributed by atoms with Crippen LogP contribution in [0.25, 0.3) is 0 Å². The molecule has 0 aliphatic carbocycles. The second kappa shape index (κ2) is 8.78. The van der Waals surface area contributed by atoms with E-state index in [0.29, 0.717) is 13.1 Å². The number of thiol groups is 1. The second-order valence-corrected chi connectivity index (χ2v) is 7.24. The Morgan fingerprint density at radius 3 is 2.10 bits per heavy atom. The molecule has 1 aliphatic heterocycles. The Bertz CT molecular complexity index is 977. The summed E-state index contributed by atoms with van der Waals surface area (Å²) in [6.45, 7) is 1.46. The third-order valence-electron chi connectivity index (χ3n) is 4.53. The molecule has 0 saturated carbocycles. The van der Waals surface area contributed by atoms with Gasteiger partial charge in [0.2, 0.25) is 10.9 Å². The van der Waals surface area contributed by atoms with Gasteiger partial charge in [-0.1, -0.05) is 0 Å². The molecule has 0 atom stereocenters. The zero-order chi connectivity index (χ0) is 21.1. The third-order valence-corrected chi connectivity index (χ3v) is 4.97. The van der Waals surface area contributed by atoms with Crippen molar-refractivity contribution < 1.29 is 30.8 Å². The van der Waals surface area contributed by atoms with Gasteiger partial charge in [-0.25, -0.2) is 26.0 Å². The summed E-state index contributed by atoms with van der Waals surface area (Å²) in [6.07, 6.45) is 0. The van der Waals surface area contributed by atoms with Crippen molar-refractivity contribution in [1.82, 2.24) is 9.80 Å². The fourth-order valence-corrected chi connectivity index (χ4v) is 3.45. The summed E-state index contributed by atoms with van der Waals surface area (Å²) in [4.78, 5) is 15.8. The molecule has 0 bridgehead atoms. The molecule has 11 heteroatoms. The Morgan fingerprint density at radius 2 is 1.55 bits per heavy atom. The summed E-state index contributed by atoms with van der Waals surface area (Å²) in [6, 6.07) is 5.27. The number of carbonyl (C=O) groups excluding carboxylic acids is 1. The smallest absolute Gasteiger partial charge is 0.256 e. The predicted molar refractivity (Wildman–Crippen MR) is 97.8 cm³/mol. The number of benzene rings is 2. The van der Waals surface area contributed by atoms with Crippen LogP contribution in [0.4, 0.5) is 23.2 Å². The average Bonchev–Trinajstić information content (AvgIpc) is 2.66. The third kappa shape index (κ3) is 5.04. The van der Waals surface area contributed by atoms with E-state index >= 15 is 0 Å². The quantitative estimate of drug-likeness (QED) is 0.433. The average molecular weight is 431 g/mol. The van der Waals surface area contributed by atoms with Crippen LogP contribution in [0.1, 0.15) is 15.9 Å². The van der Waals surface area contributed by atoms with E-state index in [-0.39, 0.29) is 36.4 Å². The molecule has 3 rings (SSSR count). The molecule has 1 amide bonds. The van der Waals surface area contributed by atoms with E-state index in [1.54, 1.807) is 0 Å². The Balaban J connectivity index is 1.61. The summed E-state index contributed by atoms with van der Waals surface area (Å²) in [7, 11) is -2.94. The van der Waals surface area contributed by atoms with Gasteiger partial charge in [0, 0.05) is 32.7 Å². The molecule has 1 heterocycles. The maximum atomic E-state index is 14.2. The van der Waals surface area contributed by atoms with Crippen LogP contribution in [0.5, 0.6) is 0 Å². The first-order chi connectivity index (χ1) is 13.7. The summed E-state index contributed by atoms with van der Waals surface area (Å²) in [5.41, 5.74) is 0.0959. The molecule has 156 valence electrons. The number of amides is 1. The van der Waals surface area contributed by atoms with Crippen LogP contribution in [-0.2, 0) is 17.4 Å². The summed E-state index contributed by atoms with van der Waals surface area (Å²) in [5, 5.41) is 0. The van der Waals surface area contributed by atoms with Gasteiger partial charge in [0.25, 0.3) is 5.91 Å². The minimum atomic E-state index is -2.94. The van der Waals surface area contributed by atoms with E-state index in [0.717, 1.165) is 18.2 Å². The van der Waals surface area contributed by atoms with Gasteiger partial charge in [-0.3, -0.25) is 14.4 Å². The number of rotatable bonds is 5. The lowest BCUT2D eigenvalue weighted by molar-refractivity contribution is 0.0624. The minimum Gasteiger partial charge on any atom is -0.336 e. The van der Waals surface area contributed by atoms with Gasteiger partial charge in [-0.15, -0.1) is 0 Å². The van der Waals surface area contributed by atoms with Crippen molar-refractivity contribution in [1.29, 1.82) is 0 Å². The number of carbonyl (C=O) groups is 1. The molecule has 6 nitrogen and oxygen atoms in total. The SMILES string of the molecule is O=C(c1ccc(N[SH](=O)=O)cc1F)N1CCN(Cc2cc(F)c(F)c(F)c2)CC1. The van der Waals surface area contributed by atoms with Crippen LogP contribution in [0.3, 0.4) is 0 Å². The van der Waals surface area contributed by atoms with Crippen LogP contribution in [0.15, 0.2) is 30.3 Å². The highest BCUT2D eigenvalue weighted by atomic mass is 32.2. The maximum Gasteiger partial charge on any atom is 0.256 e. The Morgan fingerprint density at radius 1 is 0.931 bits per heavy atom. The first-order valence-corrected chi connectivity index (χ1v) is 9.78. The summed E-state index contributed by atoms with van der Waals surface area (Å²) < 4.78 is 77.2. The topological polar surface area (TPSA) is 69.7 Å². The van der Waals surface area contributed by atoms with Crippen molar-refractivity contribution in [2.45, 2.75) is 6.54 Å². The van der Waals surface area contributed by atoms with Gasteiger partial charge < -0.3 is 4.90 Å². The molecule has 1 saturated heterocycles. The molecule has 0 radical (unpaired) electrons. The molecular weight excluding hydrogens is 414 g/mol. The largest absolute Gasteiger partial charge is 0.336 e. The molecule has 1 N–H and O–H groups in total. The highest BCUT2D eigenvalue weighted by Crippen LogP contribution is 2.19. The standard InChI is InChI=1S/C18H17F4N3O3S/c19-14-9-12(23-29(27)28)1-2-13(14)18(26)25-5-3-24(4-6-25)10-11-7-15(20)17(22)16(21)8-11/h1-2,7-9,29H,3-6,10H2,(H,23,27,28). The van der Waals surface area contributed by atoms with Gasteiger partial charge in [-0.2, -0.15) is 0 Å². The van der Waals surface area contributed by atoms with E-state index in [1.165, 1.54) is 17.0 Å². The van der Waals surface area contributed by atoms with Crippen molar-refractivity contribution in [3.63, 3.8) is 0 Å². The molecular formula is C18H17F4N3O3S. The van der Waals surface area contributed by atoms with Crippen LogP contribution in [0, 0.1) is 23.3 Å². The van der Waals surface area contributed by atoms with Gasteiger partial charge >= 0.3 is 0 Å². The zero-order valence-corrected chi connectivity index (χ0v) is 15.9. The normalized spacial score (nSPS) is 15.0. The van der Waals surface area contributed by atoms with Crippen molar-refractivity contribution in [3.05, 3.63) is 64.7 Å². The first kappa shape index (κ1) is 21.1. The van der Waals surface area contributed by atoms with Gasteiger partial charge in [-0.05, 0) is 35.9 Å². The number of nitrogens with zero attached hydrogens (tertiary/aromatic N) is 2. The lowest BCUT2D eigenvalue weighted by atomic mass is 10.1. The molecule has 1 aliphatic rings. The van der Waals surface area contributed by atoms with E-state index in [9.17, 15) is 30.8 Å². The Hall–Kier alpha value is -2.66. The number of nitrogens with one attached hydrogen (secondary N) is 1. The number of halogens is 4. The van der Waals surface area contributed by atoms with Crippen LogP contribution >= 0.6 is 0 Å². The van der Waals surface area contributed by atoms with Crippen molar-refractivity contribution in [3.8, 4) is 0 Å². The van der Waals surface area contributed by atoms with Crippen molar-refractivity contribution in [2.75, 3.05) is 30.9 Å². The molecule has 0 aromatic heterocycles. The van der Waals surface area contributed by atoms with E-state index < -0.39 is 40.1 Å². The molecule has 2 aromatic carbocycles. The molecule has 1 fully saturated rings. The van der Waals surface area contributed by atoms with Gasteiger partial charge in [0.15, 0.2) is 17.5 Å². The maximum absolute atomic E-state index is 14.2. The second-order valence-electron chi connectivity index (χ2n) is 6.51. The Kier molecular flexibility index (Phi) is 6.38. The summed E-state index contributed by atoms with van der Waals surface area (Å²) in [5.74, 6) is -5.43. The van der Waals surface area contributed by atoms with E-state index in [2.05, 4.69) is 0 Å². The van der Waals surface area contributed by atoms with Crippen LogP contribution < -0.4 is 4.72 Å². The van der Waals surface area contributed by atoms with E-state index in [1.807, 2.05) is 9.62 Å². The monoisotopic (exact) mass is 431 g/mol. The number of hydrogen-bond acceptors (Lipinski definition) is 4. The van der Waals surface area contributed by atoms with Crippen molar-refractivity contribution in [2.24, 2.45) is 0 Å². The molecule has 0 spiro atoms. The first-order valence-electron chi connectivity index (χ1n) is 8.60. The fourth-order valence-electron chi connectivity index (χ4n) is 3.10. The highest BCUT2D eigenvalue weighted by molar-refractivity contribution is 7.73. The number of piperazine rings is 1. The van der Waals surface area contributed by atoms with Gasteiger partial charge in [0.05, 0.1) is 11.3 Å². The van der Waals surface area contributed by atoms with Crippen LogP contribution in [-0.4, -0.2) is 50.3 Å². The minimum absolute atomic E-state index is 0.0127. The summed E-state index contributed by atoms with van der Waals surface area (Å²) >= 11 is 0. The molecule has 2 aromatic rings. The Labute approximate surface area is 165 Å². The predicted octanol–water partition coefficient (Wildman–Crippen LogP) is 2.14. The van der Waals surface area contributed by atoms with Gasteiger partial charge in [0.1, 0.15) is 5.82 Å². The lowest BCUT2D eigenvalue weighted by Gasteiger charge is -2.34. The zero-order valence-electron chi connectivity index (χ0n) is 15.0. The highest BCUT2D eigenvalue weighted by Gasteiger charge is 2.24. The van der Waals surface area contributed by atoms with Crippen molar-refractivity contribution >= 4 is 22.5 Å². The van der Waals surface area contributed by atoms with E-state index in [4.69, 9.17) is 0 Å². The number of hydrogen-bond donors (Lipinski definition) is 2. The molecule has 0 unspecified atom stereocenters. The number of anilines is 1. The molecule has 29 heavy (non-hydrogen) atoms.